The number of methoxy groups -OCH3 is 3. The number of benzene rings is 2. The van der Waals surface area contributed by atoms with Crippen LogP contribution in [0.3, 0.4) is 0 Å². The number of nitrogens with zero attached hydrogens (tertiary/aromatic N) is 1. The number of hydrogen-bond acceptors (Lipinski definition) is 8. The third-order valence-electron chi connectivity index (χ3n) is 3.91. The van der Waals surface area contributed by atoms with Crippen LogP contribution in [0.2, 0.25) is 0 Å². The van der Waals surface area contributed by atoms with E-state index in [0.29, 0.717) is 11.4 Å². The molecule has 2 aromatic carbocycles. The first kappa shape index (κ1) is 21.5. The molecule has 0 aliphatic carbocycles. The summed E-state index contributed by atoms with van der Waals surface area (Å²) in [6, 6.07) is 8.79. The Morgan fingerprint density at radius 3 is 2.28 bits per heavy atom. The summed E-state index contributed by atoms with van der Waals surface area (Å²) in [5.41, 5.74) is -0.462. The standard InChI is InChI=1S/C19H20N2O8/c1-11(18(22)20-12-6-5-7-13(8-12)26-2)29-19(23)14-9-16(27-3)17(28-4)10-15(14)21(24)25/h5-11H,1-4H3,(H,20,22)/t11-/m1/s1. The van der Waals surface area contributed by atoms with E-state index in [2.05, 4.69) is 5.32 Å². The molecule has 0 saturated heterocycles. The Labute approximate surface area is 166 Å². The van der Waals surface area contributed by atoms with Crippen LogP contribution in [0.1, 0.15) is 17.3 Å². The van der Waals surface area contributed by atoms with E-state index in [0.717, 1.165) is 12.1 Å². The molecule has 0 aromatic heterocycles. The molecule has 10 nitrogen and oxygen atoms in total. The number of amides is 1. The second-order valence-corrected chi connectivity index (χ2v) is 5.75. The lowest BCUT2D eigenvalue weighted by Gasteiger charge is -2.15. The fourth-order valence-corrected chi connectivity index (χ4v) is 2.41. The zero-order valence-corrected chi connectivity index (χ0v) is 16.3. The van der Waals surface area contributed by atoms with Gasteiger partial charge in [0.25, 0.3) is 11.6 Å². The van der Waals surface area contributed by atoms with E-state index in [4.69, 9.17) is 18.9 Å². The largest absolute Gasteiger partial charge is 0.497 e. The summed E-state index contributed by atoms with van der Waals surface area (Å²) in [5, 5.41) is 13.9. The fraction of sp³-hybridized carbons (Fsp3) is 0.263. The Balaban J connectivity index is 2.19. The van der Waals surface area contributed by atoms with Crippen molar-refractivity contribution in [2.45, 2.75) is 13.0 Å². The minimum atomic E-state index is -1.22. The molecule has 0 heterocycles. The van der Waals surface area contributed by atoms with Gasteiger partial charge < -0.3 is 24.3 Å². The van der Waals surface area contributed by atoms with Gasteiger partial charge in [0.05, 0.1) is 32.3 Å². The summed E-state index contributed by atoms with van der Waals surface area (Å²) in [7, 11) is 4.12. The number of hydrogen-bond donors (Lipinski definition) is 1. The van der Waals surface area contributed by atoms with Crippen molar-refractivity contribution in [3.05, 3.63) is 52.1 Å². The van der Waals surface area contributed by atoms with Gasteiger partial charge in [0, 0.05) is 17.8 Å². The smallest absolute Gasteiger partial charge is 0.346 e. The van der Waals surface area contributed by atoms with Gasteiger partial charge in [0.2, 0.25) is 0 Å². The zero-order valence-electron chi connectivity index (χ0n) is 16.3. The van der Waals surface area contributed by atoms with Crippen molar-refractivity contribution < 1.29 is 33.5 Å². The van der Waals surface area contributed by atoms with Gasteiger partial charge >= 0.3 is 5.97 Å². The summed E-state index contributed by atoms with van der Waals surface area (Å²) in [5.74, 6) is -0.938. The van der Waals surface area contributed by atoms with Crippen LogP contribution in [0.5, 0.6) is 17.2 Å². The summed E-state index contributed by atoms with van der Waals surface area (Å²) < 4.78 is 20.3. The Morgan fingerprint density at radius 2 is 1.69 bits per heavy atom. The number of carbonyl (C=O) groups excluding carboxylic acids is 2. The molecule has 0 bridgehead atoms. The number of nitro groups is 1. The second-order valence-electron chi connectivity index (χ2n) is 5.75. The number of esters is 1. The number of carbonyl (C=O) groups is 2. The molecular formula is C19H20N2O8. The van der Waals surface area contributed by atoms with Gasteiger partial charge in [0.15, 0.2) is 17.6 Å². The molecule has 2 rings (SSSR count). The van der Waals surface area contributed by atoms with Crippen molar-refractivity contribution in [1.29, 1.82) is 0 Å². The number of nitrogens with one attached hydrogen (secondary N) is 1. The van der Waals surface area contributed by atoms with Gasteiger partial charge in [-0.05, 0) is 19.1 Å². The molecule has 2 aromatic rings. The van der Waals surface area contributed by atoms with Crippen LogP contribution in [-0.4, -0.2) is 44.2 Å². The molecule has 0 aliphatic heterocycles. The number of rotatable bonds is 8. The van der Waals surface area contributed by atoms with Crippen LogP contribution in [0, 0.1) is 10.1 Å². The highest BCUT2D eigenvalue weighted by atomic mass is 16.6. The molecular weight excluding hydrogens is 384 g/mol. The first-order valence-corrected chi connectivity index (χ1v) is 8.37. The van der Waals surface area contributed by atoms with Crippen LogP contribution >= 0.6 is 0 Å². The highest BCUT2D eigenvalue weighted by Crippen LogP contribution is 2.35. The maximum absolute atomic E-state index is 12.5. The lowest BCUT2D eigenvalue weighted by molar-refractivity contribution is -0.385. The van der Waals surface area contributed by atoms with E-state index >= 15 is 0 Å². The monoisotopic (exact) mass is 404 g/mol. The molecule has 0 radical (unpaired) electrons. The van der Waals surface area contributed by atoms with Crippen molar-refractivity contribution in [2.75, 3.05) is 26.6 Å². The topological polar surface area (TPSA) is 126 Å². The maximum atomic E-state index is 12.5. The number of ether oxygens (including phenoxy) is 4. The summed E-state index contributed by atoms with van der Waals surface area (Å²) >= 11 is 0. The van der Waals surface area contributed by atoms with Gasteiger partial charge in [-0.3, -0.25) is 14.9 Å². The zero-order chi connectivity index (χ0) is 21.6. The molecule has 0 fully saturated rings. The fourth-order valence-electron chi connectivity index (χ4n) is 2.41. The molecule has 0 spiro atoms. The number of nitro benzene ring substituents is 1. The molecule has 154 valence electrons. The van der Waals surface area contributed by atoms with Crippen LogP contribution in [0.15, 0.2) is 36.4 Å². The van der Waals surface area contributed by atoms with Crippen LogP contribution in [-0.2, 0) is 9.53 Å². The number of anilines is 1. The van der Waals surface area contributed by atoms with Gasteiger partial charge in [-0.2, -0.15) is 0 Å². The first-order chi connectivity index (χ1) is 13.8. The van der Waals surface area contributed by atoms with Gasteiger partial charge in [-0.1, -0.05) is 6.07 Å². The van der Waals surface area contributed by atoms with E-state index in [1.54, 1.807) is 24.3 Å². The summed E-state index contributed by atoms with van der Waals surface area (Å²) in [4.78, 5) is 35.4. The van der Waals surface area contributed by atoms with Crippen molar-refractivity contribution in [1.82, 2.24) is 0 Å². The predicted molar refractivity (Wildman–Crippen MR) is 103 cm³/mol. The van der Waals surface area contributed by atoms with Crippen LogP contribution in [0.4, 0.5) is 11.4 Å². The van der Waals surface area contributed by atoms with Gasteiger partial charge in [0.1, 0.15) is 11.3 Å². The van der Waals surface area contributed by atoms with Crippen molar-refractivity contribution >= 4 is 23.3 Å². The first-order valence-electron chi connectivity index (χ1n) is 8.37. The SMILES string of the molecule is COc1cccc(NC(=O)[C@@H](C)OC(=O)c2cc(OC)c(OC)cc2[N+](=O)[O-])c1. The third-order valence-corrected chi connectivity index (χ3v) is 3.91. The molecule has 0 saturated carbocycles. The minimum absolute atomic E-state index is 0.0829. The van der Waals surface area contributed by atoms with E-state index in [-0.39, 0.29) is 17.1 Å². The average Bonchev–Trinajstić information content (AvgIpc) is 2.72. The summed E-state index contributed by atoms with van der Waals surface area (Å²) in [6.45, 7) is 1.35. The van der Waals surface area contributed by atoms with E-state index in [1.807, 2.05) is 0 Å². The highest BCUT2D eigenvalue weighted by molar-refractivity contribution is 5.99. The van der Waals surface area contributed by atoms with Crippen molar-refractivity contribution in [2.24, 2.45) is 0 Å². The Hall–Kier alpha value is -3.82. The Morgan fingerprint density at radius 1 is 1.03 bits per heavy atom. The van der Waals surface area contributed by atoms with E-state index in [1.165, 1.54) is 28.3 Å². The molecule has 29 heavy (non-hydrogen) atoms. The highest BCUT2D eigenvalue weighted by Gasteiger charge is 2.28. The minimum Gasteiger partial charge on any atom is -0.497 e. The quantitative estimate of drug-likeness (QED) is 0.404. The van der Waals surface area contributed by atoms with E-state index < -0.39 is 28.6 Å². The van der Waals surface area contributed by atoms with Crippen molar-refractivity contribution in [3.8, 4) is 17.2 Å². The van der Waals surface area contributed by atoms with Crippen molar-refractivity contribution in [3.63, 3.8) is 0 Å². The van der Waals surface area contributed by atoms with Crippen LogP contribution in [0.25, 0.3) is 0 Å². The summed E-state index contributed by atoms with van der Waals surface area (Å²) in [6.07, 6.45) is -1.22. The molecule has 1 atom stereocenters. The third kappa shape index (κ3) is 5.12. The normalized spacial score (nSPS) is 11.2. The Bertz CT molecular complexity index is 928. The average molecular weight is 404 g/mol. The lowest BCUT2D eigenvalue weighted by atomic mass is 10.1. The maximum Gasteiger partial charge on any atom is 0.346 e. The molecule has 10 heteroatoms. The molecule has 0 aliphatic rings. The van der Waals surface area contributed by atoms with E-state index in [9.17, 15) is 19.7 Å². The lowest BCUT2D eigenvalue weighted by Crippen LogP contribution is -2.30. The van der Waals surface area contributed by atoms with Gasteiger partial charge in [-0.25, -0.2) is 4.79 Å². The predicted octanol–water partition coefficient (Wildman–Crippen LogP) is 2.80. The molecule has 0 unspecified atom stereocenters. The second kappa shape index (κ2) is 9.40. The molecule has 1 N–H and O–H groups in total. The Kier molecular flexibility index (Phi) is 6.96. The molecule has 1 amide bonds. The van der Waals surface area contributed by atoms with Crippen LogP contribution < -0.4 is 19.5 Å². The van der Waals surface area contributed by atoms with Gasteiger partial charge in [-0.15, -0.1) is 0 Å².